The maximum Gasteiger partial charge on any atom is 0.236 e. The zero-order valence-corrected chi connectivity index (χ0v) is 10.9. The summed E-state index contributed by atoms with van der Waals surface area (Å²) in [5.74, 6) is -0.527. The third-order valence-corrected chi connectivity index (χ3v) is 4.21. The van der Waals surface area contributed by atoms with Crippen LogP contribution in [0.25, 0.3) is 0 Å². The Bertz CT molecular complexity index is 598. The van der Waals surface area contributed by atoms with Crippen molar-refractivity contribution in [1.82, 2.24) is 0 Å². The highest BCUT2D eigenvalue weighted by molar-refractivity contribution is 6.35. The second-order valence-corrected chi connectivity index (χ2v) is 5.40. The zero-order valence-electron chi connectivity index (χ0n) is 10.1. The van der Waals surface area contributed by atoms with Crippen LogP contribution in [0, 0.1) is 23.2 Å². The van der Waals surface area contributed by atoms with Gasteiger partial charge in [0, 0.05) is 11.8 Å². The van der Waals surface area contributed by atoms with Crippen molar-refractivity contribution in [2.75, 3.05) is 4.90 Å². The third kappa shape index (κ3) is 1.82. The summed E-state index contributed by atoms with van der Waals surface area (Å²) in [5, 5.41) is 9.24. The van der Waals surface area contributed by atoms with Gasteiger partial charge in [-0.3, -0.25) is 9.59 Å². The molecule has 2 amide bonds. The molecule has 1 aromatic carbocycles. The number of amides is 2. The number of hydrogen-bond donors (Lipinski definition) is 0. The van der Waals surface area contributed by atoms with Gasteiger partial charge in [0.1, 0.15) is 0 Å². The maximum atomic E-state index is 12.3. The van der Waals surface area contributed by atoms with Crippen molar-refractivity contribution in [3.63, 3.8) is 0 Å². The number of piperidine rings is 1. The van der Waals surface area contributed by atoms with E-state index in [0.717, 1.165) is 12.8 Å². The molecule has 0 radical (unpaired) electrons. The van der Waals surface area contributed by atoms with Gasteiger partial charge < -0.3 is 0 Å². The van der Waals surface area contributed by atoms with Crippen LogP contribution < -0.4 is 4.90 Å². The Morgan fingerprint density at radius 1 is 1.21 bits per heavy atom. The van der Waals surface area contributed by atoms with Crippen molar-refractivity contribution in [1.29, 1.82) is 5.26 Å². The molecule has 1 aromatic rings. The number of nitriles is 1. The van der Waals surface area contributed by atoms with Gasteiger partial charge in [0.25, 0.3) is 0 Å². The molecule has 2 bridgehead atoms. The largest absolute Gasteiger partial charge is 0.274 e. The molecular formula is C14H11ClN2O2. The van der Waals surface area contributed by atoms with Gasteiger partial charge in [-0.2, -0.15) is 5.26 Å². The van der Waals surface area contributed by atoms with Crippen LogP contribution in [0.2, 0.25) is 5.02 Å². The van der Waals surface area contributed by atoms with Gasteiger partial charge in [0.2, 0.25) is 11.8 Å². The zero-order chi connectivity index (χ0) is 13.6. The second-order valence-electron chi connectivity index (χ2n) is 5.00. The Hall–Kier alpha value is -1.86. The molecule has 1 saturated carbocycles. The van der Waals surface area contributed by atoms with Crippen LogP contribution in [0.5, 0.6) is 0 Å². The van der Waals surface area contributed by atoms with Gasteiger partial charge in [-0.05, 0) is 37.5 Å². The minimum atomic E-state index is -0.185. The smallest absolute Gasteiger partial charge is 0.236 e. The average molecular weight is 275 g/mol. The fraction of sp³-hybridized carbons (Fsp3) is 0.357. The summed E-state index contributed by atoms with van der Waals surface area (Å²) in [5.41, 5.74) is 0.727. The number of nitrogens with zero attached hydrogens (tertiary/aromatic N) is 2. The van der Waals surface area contributed by atoms with Crippen LogP contribution in [-0.4, -0.2) is 11.8 Å². The molecule has 1 aliphatic carbocycles. The van der Waals surface area contributed by atoms with E-state index in [1.54, 1.807) is 12.1 Å². The highest BCUT2D eigenvalue weighted by Crippen LogP contribution is 2.41. The van der Waals surface area contributed by atoms with Gasteiger partial charge in [-0.1, -0.05) is 11.6 Å². The molecule has 0 N–H and O–H groups in total. The lowest BCUT2D eigenvalue weighted by Crippen LogP contribution is -2.46. The molecule has 0 aromatic heterocycles. The van der Waals surface area contributed by atoms with Crippen LogP contribution in [0.1, 0.15) is 24.8 Å². The Kier molecular flexibility index (Phi) is 2.79. The quantitative estimate of drug-likeness (QED) is 0.739. The molecule has 19 heavy (non-hydrogen) atoms. The molecule has 1 heterocycles. The van der Waals surface area contributed by atoms with Crippen molar-refractivity contribution >= 4 is 29.1 Å². The number of carbonyl (C=O) groups is 2. The van der Waals surface area contributed by atoms with E-state index in [-0.39, 0.29) is 23.7 Å². The van der Waals surface area contributed by atoms with E-state index in [9.17, 15) is 9.59 Å². The molecule has 2 unspecified atom stereocenters. The molecule has 4 nitrogen and oxygen atoms in total. The van der Waals surface area contributed by atoms with E-state index in [1.165, 1.54) is 11.0 Å². The first-order valence-corrected chi connectivity index (χ1v) is 6.57. The lowest BCUT2D eigenvalue weighted by molar-refractivity contribution is -0.132. The fourth-order valence-corrected chi connectivity index (χ4v) is 3.10. The van der Waals surface area contributed by atoms with Crippen molar-refractivity contribution in [2.24, 2.45) is 11.8 Å². The van der Waals surface area contributed by atoms with Crippen LogP contribution in [-0.2, 0) is 9.59 Å². The average Bonchev–Trinajstić information content (AvgIpc) is 2.86. The van der Waals surface area contributed by atoms with Crippen molar-refractivity contribution in [3.05, 3.63) is 28.8 Å². The van der Waals surface area contributed by atoms with Crippen molar-refractivity contribution in [3.8, 4) is 6.07 Å². The van der Waals surface area contributed by atoms with E-state index >= 15 is 0 Å². The van der Waals surface area contributed by atoms with Gasteiger partial charge in [-0.25, -0.2) is 4.90 Å². The highest BCUT2D eigenvalue weighted by atomic mass is 35.5. The first-order valence-electron chi connectivity index (χ1n) is 6.19. The lowest BCUT2D eigenvalue weighted by atomic mass is 9.96. The van der Waals surface area contributed by atoms with Gasteiger partial charge in [0.15, 0.2) is 0 Å². The first kappa shape index (κ1) is 12.2. The van der Waals surface area contributed by atoms with E-state index in [4.69, 9.17) is 16.9 Å². The SMILES string of the molecule is N#Cc1ccc(Cl)c(N2C(=O)C3CCC(C3)C2=O)c1. The van der Waals surface area contributed by atoms with Crippen LogP contribution in [0.15, 0.2) is 18.2 Å². The van der Waals surface area contributed by atoms with E-state index in [2.05, 4.69) is 0 Å². The second kappa shape index (κ2) is 4.36. The number of hydrogen-bond acceptors (Lipinski definition) is 3. The number of imide groups is 1. The predicted molar refractivity (Wildman–Crippen MR) is 69.5 cm³/mol. The molecular weight excluding hydrogens is 264 g/mol. The highest BCUT2D eigenvalue weighted by Gasteiger charge is 2.46. The van der Waals surface area contributed by atoms with Crippen LogP contribution >= 0.6 is 11.6 Å². The molecule has 96 valence electrons. The van der Waals surface area contributed by atoms with E-state index in [1.807, 2.05) is 6.07 Å². The van der Waals surface area contributed by atoms with Gasteiger partial charge >= 0.3 is 0 Å². The number of rotatable bonds is 1. The van der Waals surface area contributed by atoms with Gasteiger partial charge in [0.05, 0.1) is 22.3 Å². The monoisotopic (exact) mass is 274 g/mol. The molecule has 1 aliphatic heterocycles. The Morgan fingerprint density at radius 3 is 2.42 bits per heavy atom. The standard InChI is InChI=1S/C14H11ClN2O2/c15-11-4-1-8(7-16)5-12(11)17-13(18)9-2-3-10(6-9)14(17)19/h1,4-5,9-10H,2-3,6H2. The number of benzene rings is 1. The minimum absolute atomic E-state index is 0.0792. The van der Waals surface area contributed by atoms with Crippen LogP contribution in [0.3, 0.4) is 0 Å². The van der Waals surface area contributed by atoms with E-state index in [0.29, 0.717) is 22.7 Å². The number of halogens is 1. The Labute approximate surface area is 115 Å². The summed E-state index contributed by atoms with van der Waals surface area (Å²) < 4.78 is 0. The molecule has 2 aliphatic rings. The lowest BCUT2D eigenvalue weighted by Gasteiger charge is -2.30. The first-order chi connectivity index (χ1) is 9.11. The Morgan fingerprint density at radius 2 is 1.84 bits per heavy atom. The third-order valence-electron chi connectivity index (χ3n) is 3.89. The summed E-state index contributed by atoms with van der Waals surface area (Å²) in [6, 6.07) is 6.61. The number of carbonyl (C=O) groups excluding carboxylic acids is 2. The van der Waals surface area contributed by atoms with Gasteiger partial charge in [-0.15, -0.1) is 0 Å². The Balaban J connectivity index is 2.08. The molecule has 5 heteroatoms. The molecule has 2 atom stereocenters. The van der Waals surface area contributed by atoms with Crippen molar-refractivity contribution in [2.45, 2.75) is 19.3 Å². The summed E-state index contributed by atoms with van der Waals surface area (Å²) in [7, 11) is 0. The molecule has 1 saturated heterocycles. The minimum Gasteiger partial charge on any atom is -0.274 e. The number of anilines is 1. The summed E-state index contributed by atoms with van der Waals surface area (Å²) in [6.45, 7) is 0. The molecule has 0 spiro atoms. The fourth-order valence-electron chi connectivity index (χ4n) is 2.89. The predicted octanol–water partition coefficient (Wildman–Crippen LogP) is 2.50. The summed E-state index contributed by atoms with van der Waals surface area (Å²) in [6.07, 6.45) is 2.19. The summed E-state index contributed by atoms with van der Waals surface area (Å²) >= 11 is 6.08. The normalized spacial score (nSPS) is 25.6. The number of fused-ring (bicyclic) bond motifs is 2. The molecule has 3 rings (SSSR count). The summed E-state index contributed by atoms with van der Waals surface area (Å²) in [4.78, 5) is 25.8. The van der Waals surface area contributed by atoms with Crippen LogP contribution in [0.4, 0.5) is 5.69 Å². The maximum absolute atomic E-state index is 12.3. The van der Waals surface area contributed by atoms with Crippen molar-refractivity contribution < 1.29 is 9.59 Å². The topological polar surface area (TPSA) is 61.2 Å². The molecule has 2 fully saturated rings. The van der Waals surface area contributed by atoms with E-state index < -0.39 is 0 Å².